The minimum Gasteiger partial charge on any atom is -0.490 e. The fourth-order valence-corrected chi connectivity index (χ4v) is 3.06. The molecule has 2 bridgehead atoms. The lowest BCUT2D eigenvalue weighted by molar-refractivity contribution is 0.0334. The van der Waals surface area contributed by atoms with Gasteiger partial charge in [-0.25, -0.2) is 0 Å². The van der Waals surface area contributed by atoms with Gasteiger partial charge in [-0.05, 0) is 37.3 Å². The first kappa shape index (κ1) is 9.22. The van der Waals surface area contributed by atoms with Crippen LogP contribution in [0.2, 0.25) is 0 Å². The number of para-hydroxylation sites is 1. The maximum Gasteiger partial charge on any atom is 0.119 e. The van der Waals surface area contributed by atoms with Crippen LogP contribution in [0.3, 0.4) is 0 Å². The third-order valence-corrected chi connectivity index (χ3v) is 3.75. The van der Waals surface area contributed by atoms with Crippen molar-refractivity contribution in [1.29, 1.82) is 0 Å². The third-order valence-electron chi connectivity index (χ3n) is 3.75. The maximum atomic E-state index is 9.79. The van der Waals surface area contributed by atoms with Gasteiger partial charge in [0.05, 0.1) is 6.10 Å². The molecule has 1 N–H and O–H groups in total. The lowest BCUT2D eigenvalue weighted by Crippen LogP contribution is -2.32. The first-order chi connectivity index (χ1) is 7.33. The molecule has 0 spiro atoms. The number of hydrogen-bond acceptors (Lipinski definition) is 2. The van der Waals surface area contributed by atoms with Crippen molar-refractivity contribution >= 4 is 0 Å². The predicted octanol–water partition coefficient (Wildman–Crippen LogP) is 2.22. The highest BCUT2D eigenvalue weighted by Crippen LogP contribution is 2.46. The molecule has 0 aromatic heterocycles. The first-order valence-electron chi connectivity index (χ1n) is 5.72. The summed E-state index contributed by atoms with van der Waals surface area (Å²) in [6, 6.07) is 9.93. The molecule has 2 heteroatoms. The Labute approximate surface area is 89.9 Å². The van der Waals surface area contributed by atoms with Crippen molar-refractivity contribution in [2.75, 3.05) is 0 Å². The zero-order valence-corrected chi connectivity index (χ0v) is 8.67. The Morgan fingerprint density at radius 3 is 2.53 bits per heavy atom. The molecule has 3 rings (SSSR count). The highest BCUT2D eigenvalue weighted by Gasteiger charge is 2.46. The minimum atomic E-state index is -0.127. The third kappa shape index (κ3) is 1.63. The van der Waals surface area contributed by atoms with Crippen LogP contribution < -0.4 is 4.74 Å². The van der Waals surface area contributed by atoms with Crippen LogP contribution in [0.1, 0.15) is 19.3 Å². The Bertz CT molecular complexity index is 336. The monoisotopic (exact) mass is 204 g/mol. The highest BCUT2D eigenvalue weighted by atomic mass is 16.5. The van der Waals surface area contributed by atoms with E-state index in [1.807, 2.05) is 30.3 Å². The van der Waals surface area contributed by atoms with Crippen molar-refractivity contribution in [3.63, 3.8) is 0 Å². The van der Waals surface area contributed by atoms with Gasteiger partial charge in [-0.3, -0.25) is 0 Å². The molecule has 0 amide bonds. The molecule has 80 valence electrons. The smallest absolute Gasteiger partial charge is 0.119 e. The Balaban J connectivity index is 1.70. The summed E-state index contributed by atoms with van der Waals surface area (Å²) >= 11 is 0. The van der Waals surface area contributed by atoms with Gasteiger partial charge in [0.15, 0.2) is 0 Å². The average Bonchev–Trinajstić information content (AvgIpc) is 2.77. The van der Waals surface area contributed by atoms with E-state index in [1.165, 1.54) is 0 Å². The van der Waals surface area contributed by atoms with Crippen LogP contribution in [0.25, 0.3) is 0 Å². The van der Waals surface area contributed by atoms with Crippen LogP contribution in [0, 0.1) is 11.8 Å². The first-order valence-corrected chi connectivity index (χ1v) is 5.72. The molecule has 4 unspecified atom stereocenters. The molecule has 0 radical (unpaired) electrons. The number of aliphatic hydroxyl groups excluding tert-OH is 1. The number of rotatable bonds is 2. The van der Waals surface area contributed by atoms with Gasteiger partial charge in [-0.15, -0.1) is 0 Å². The number of hydrogen-bond donors (Lipinski definition) is 1. The summed E-state index contributed by atoms with van der Waals surface area (Å²) in [7, 11) is 0. The van der Waals surface area contributed by atoms with Crippen molar-refractivity contribution in [1.82, 2.24) is 0 Å². The van der Waals surface area contributed by atoms with Crippen LogP contribution in [-0.2, 0) is 0 Å². The normalized spacial score (nSPS) is 38.2. The number of aliphatic hydroxyl groups is 1. The van der Waals surface area contributed by atoms with Gasteiger partial charge in [0.25, 0.3) is 0 Å². The van der Waals surface area contributed by atoms with Gasteiger partial charge in [-0.2, -0.15) is 0 Å². The largest absolute Gasteiger partial charge is 0.490 e. The van der Waals surface area contributed by atoms with E-state index in [1.54, 1.807) is 0 Å². The molecule has 1 aromatic carbocycles. The molecule has 4 atom stereocenters. The van der Waals surface area contributed by atoms with E-state index in [4.69, 9.17) is 4.74 Å². The summed E-state index contributed by atoms with van der Waals surface area (Å²) in [4.78, 5) is 0. The standard InChI is InChI=1S/C13H16O2/c14-12-7-9-6-11(12)13(8-9)15-10-4-2-1-3-5-10/h1-5,9,11-14H,6-8H2. The molecule has 2 aliphatic rings. The van der Waals surface area contributed by atoms with Gasteiger partial charge in [0.1, 0.15) is 11.9 Å². The van der Waals surface area contributed by atoms with E-state index in [-0.39, 0.29) is 12.2 Å². The molecular weight excluding hydrogens is 188 g/mol. The molecule has 1 aromatic rings. The second-order valence-corrected chi connectivity index (χ2v) is 4.77. The SMILES string of the molecule is OC1CC2CC(Oc3ccccc3)C1C2. The molecule has 2 nitrogen and oxygen atoms in total. The van der Waals surface area contributed by atoms with E-state index in [0.29, 0.717) is 11.8 Å². The van der Waals surface area contributed by atoms with Crippen molar-refractivity contribution < 1.29 is 9.84 Å². The molecule has 15 heavy (non-hydrogen) atoms. The van der Waals surface area contributed by atoms with Crippen molar-refractivity contribution in [2.24, 2.45) is 11.8 Å². The Hall–Kier alpha value is -1.02. The van der Waals surface area contributed by atoms with Gasteiger partial charge >= 0.3 is 0 Å². The van der Waals surface area contributed by atoms with Crippen LogP contribution >= 0.6 is 0 Å². The molecule has 0 aliphatic heterocycles. The zero-order chi connectivity index (χ0) is 10.3. The van der Waals surface area contributed by atoms with E-state index in [0.717, 1.165) is 25.0 Å². The van der Waals surface area contributed by atoms with Crippen LogP contribution in [-0.4, -0.2) is 17.3 Å². The fourth-order valence-electron chi connectivity index (χ4n) is 3.06. The van der Waals surface area contributed by atoms with E-state index >= 15 is 0 Å². The summed E-state index contributed by atoms with van der Waals surface area (Å²) in [6.07, 6.45) is 3.37. The topological polar surface area (TPSA) is 29.5 Å². The highest BCUT2D eigenvalue weighted by molar-refractivity contribution is 5.21. The van der Waals surface area contributed by atoms with Crippen molar-refractivity contribution in [3.8, 4) is 5.75 Å². The summed E-state index contributed by atoms with van der Waals surface area (Å²) in [6.45, 7) is 0. The minimum absolute atomic E-state index is 0.127. The Kier molecular flexibility index (Phi) is 2.17. The molecular formula is C13H16O2. The molecule has 0 saturated heterocycles. The average molecular weight is 204 g/mol. The molecule has 2 fully saturated rings. The van der Waals surface area contributed by atoms with Crippen LogP contribution in [0.5, 0.6) is 5.75 Å². The van der Waals surface area contributed by atoms with E-state index < -0.39 is 0 Å². The van der Waals surface area contributed by atoms with Crippen molar-refractivity contribution in [3.05, 3.63) is 30.3 Å². The van der Waals surface area contributed by atoms with E-state index in [9.17, 15) is 5.11 Å². The Morgan fingerprint density at radius 1 is 1.07 bits per heavy atom. The number of fused-ring (bicyclic) bond motifs is 2. The summed E-state index contributed by atoms with van der Waals surface area (Å²) < 4.78 is 5.92. The summed E-state index contributed by atoms with van der Waals surface area (Å²) in [5.41, 5.74) is 0. The molecule has 0 heterocycles. The van der Waals surface area contributed by atoms with Gasteiger partial charge in [0.2, 0.25) is 0 Å². The quantitative estimate of drug-likeness (QED) is 0.800. The lowest BCUT2D eigenvalue weighted by Gasteiger charge is -2.26. The number of benzene rings is 1. The second kappa shape index (κ2) is 3.53. The Morgan fingerprint density at radius 2 is 1.87 bits per heavy atom. The van der Waals surface area contributed by atoms with Crippen LogP contribution in [0.15, 0.2) is 30.3 Å². The lowest BCUT2D eigenvalue weighted by atomic mass is 9.95. The van der Waals surface area contributed by atoms with Gasteiger partial charge < -0.3 is 9.84 Å². The van der Waals surface area contributed by atoms with Crippen molar-refractivity contribution in [2.45, 2.75) is 31.5 Å². The van der Waals surface area contributed by atoms with Gasteiger partial charge in [0, 0.05) is 5.92 Å². The fraction of sp³-hybridized carbons (Fsp3) is 0.538. The van der Waals surface area contributed by atoms with Gasteiger partial charge in [-0.1, -0.05) is 18.2 Å². The number of ether oxygens (including phenoxy) is 1. The summed E-state index contributed by atoms with van der Waals surface area (Å²) in [5.74, 6) is 2.00. The van der Waals surface area contributed by atoms with Crippen LogP contribution in [0.4, 0.5) is 0 Å². The maximum absolute atomic E-state index is 9.79. The molecule has 2 aliphatic carbocycles. The zero-order valence-electron chi connectivity index (χ0n) is 8.67. The summed E-state index contributed by atoms with van der Waals surface area (Å²) in [5, 5.41) is 9.79. The van der Waals surface area contributed by atoms with E-state index in [2.05, 4.69) is 0 Å². The predicted molar refractivity (Wildman–Crippen MR) is 57.7 cm³/mol. The second-order valence-electron chi connectivity index (χ2n) is 4.77. The molecule has 2 saturated carbocycles.